The molecule has 0 saturated heterocycles. The number of nitrogens with zero attached hydrogens (tertiary/aromatic N) is 4. The molecule has 0 atom stereocenters. The number of aryl methyl sites for hydroxylation is 1. The van der Waals surface area contributed by atoms with Crippen LogP contribution in [0.3, 0.4) is 0 Å². The van der Waals surface area contributed by atoms with Crippen molar-refractivity contribution in [3.8, 4) is 5.69 Å². The largest absolute Gasteiger partial charge is 0.380 e. The third kappa shape index (κ3) is 3.45. The predicted molar refractivity (Wildman–Crippen MR) is 108 cm³/mol. The minimum atomic E-state index is -0.302. The highest BCUT2D eigenvalue weighted by Gasteiger charge is 2.23. The summed E-state index contributed by atoms with van der Waals surface area (Å²) in [6.45, 7) is 2.37. The molecule has 0 radical (unpaired) electrons. The Morgan fingerprint density at radius 1 is 1.43 bits per heavy atom. The minimum Gasteiger partial charge on any atom is -0.380 e. The number of methoxy groups -OCH3 is 1. The van der Waals surface area contributed by atoms with Crippen LogP contribution < -0.4 is 5.43 Å². The van der Waals surface area contributed by atoms with Crippen LogP contribution in [0.5, 0.6) is 0 Å². The SMILES string of the molecule is COCc1cc(C)nc2sc(C(=O)NN=Cc3ccn[nH]3)c(-n3cccc3)c12. The number of pyridine rings is 1. The lowest BCUT2D eigenvalue weighted by Crippen LogP contribution is -2.18. The molecule has 1 amide bonds. The van der Waals surface area contributed by atoms with Crippen molar-refractivity contribution in [3.05, 3.63) is 64.7 Å². The molecule has 0 spiro atoms. The average molecular weight is 394 g/mol. The molecule has 4 rings (SSSR count). The first-order valence-corrected chi connectivity index (χ1v) is 9.37. The molecule has 0 aliphatic rings. The fourth-order valence-electron chi connectivity index (χ4n) is 3.00. The number of hydrogen-bond donors (Lipinski definition) is 2. The van der Waals surface area contributed by atoms with Crippen molar-refractivity contribution in [1.29, 1.82) is 0 Å². The highest BCUT2D eigenvalue weighted by atomic mass is 32.1. The van der Waals surface area contributed by atoms with Gasteiger partial charge in [0.2, 0.25) is 0 Å². The smallest absolute Gasteiger partial charge is 0.283 e. The second kappa shape index (κ2) is 7.75. The monoisotopic (exact) mass is 394 g/mol. The van der Waals surface area contributed by atoms with Crippen LogP contribution in [0.1, 0.15) is 26.6 Å². The maximum absolute atomic E-state index is 12.9. The van der Waals surface area contributed by atoms with Crippen LogP contribution in [-0.2, 0) is 11.3 Å². The van der Waals surface area contributed by atoms with Gasteiger partial charge in [-0.2, -0.15) is 10.2 Å². The molecular formula is C19H18N6O2S. The molecule has 0 bridgehead atoms. The summed E-state index contributed by atoms with van der Waals surface area (Å²) < 4.78 is 7.29. The molecule has 0 saturated carbocycles. The van der Waals surface area contributed by atoms with Crippen molar-refractivity contribution < 1.29 is 9.53 Å². The molecule has 0 unspecified atom stereocenters. The van der Waals surface area contributed by atoms with Gasteiger partial charge in [-0.05, 0) is 36.8 Å². The van der Waals surface area contributed by atoms with Crippen molar-refractivity contribution in [1.82, 2.24) is 25.2 Å². The van der Waals surface area contributed by atoms with E-state index in [1.54, 1.807) is 19.4 Å². The maximum atomic E-state index is 12.9. The predicted octanol–water partition coefficient (Wildman–Crippen LogP) is 3.03. The summed E-state index contributed by atoms with van der Waals surface area (Å²) in [6.07, 6.45) is 6.93. The number of amides is 1. The van der Waals surface area contributed by atoms with Gasteiger partial charge in [0.15, 0.2) is 0 Å². The van der Waals surface area contributed by atoms with Crippen LogP contribution in [0.2, 0.25) is 0 Å². The number of aromatic amines is 1. The summed E-state index contributed by atoms with van der Waals surface area (Å²) in [5.41, 5.74) is 5.93. The maximum Gasteiger partial charge on any atom is 0.283 e. The van der Waals surface area contributed by atoms with Crippen molar-refractivity contribution in [2.45, 2.75) is 13.5 Å². The van der Waals surface area contributed by atoms with Crippen molar-refractivity contribution in [2.24, 2.45) is 5.10 Å². The molecule has 9 heteroatoms. The number of H-pyrrole nitrogens is 1. The van der Waals surface area contributed by atoms with E-state index in [0.717, 1.165) is 27.2 Å². The molecule has 28 heavy (non-hydrogen) atoms. The number of carbonyl (C=O) groups is 1. The van der Waals surface area contributed by atoms with E-state index in [0.29, 0.717) is 17.2 Å². The van der Waals surface area contributed by atoms with Gasteiger partial charge in [-0.1, -0.05) is 0 Å². The van der Waals surface area contributed by atoms with Crippen molar-refractivity contribution in [3.63, 3.8) is 0 Å². The second-order valence-corrected chi connectivity index (χ2v) is 7.12. The Hall–Kier alpha value is -3.30. The van der Waals surface area contributed by atoms with E-state index in [4.69, 9.17) is 4.74 Å². The molecule has 4 heterocycles. The van der Waals surface area contributed by atoms with Gasteiger partial charge in [0.05, 0.1) is 24.2 Å². The van der Waals surface area contributed by atoms with Gasteiger partial charge < -0.3 is 9.30 Å². The Balaban J connectivity index is 1.80. The lowest BCUT2D eigenvalue weighted by atomic mass is 10.1. The average Bonchev–Trinajstić information content (AvgIpc) is 3.41. The Morgan fingerprint density at radius 3 is 2.96 bits per heavy atom. The zero-order valence-electron chi connectivity index (χ0n) is 15.3. The number of hydrogen-bond acceptors (Lipinski definition) is 6. The molecule has 4 aromatic heterocycles. The Morgan fingerprint density at radius 2 is 2.25 bits per heavy atom. The van der Waals surface area contributed by atoms with Crippen LogP contribution in [0.15, 0.2) is 48.0 Å². The second-order valence-electron chi connectivity index (χ2n) is 6.12. The van der Waals surface area contributed by atoms with Gasteiger partial charge >= 0.3 is 0 Å². The Labute approximate surface area is 164 Å². The highest BCUT2D eigenvalue weighted by Crippen LogP contribution is 2.36. The van der Waals surface area contributed by atoms with Gasteiger partial charge in [0, 0.05) is 36.8 Å². The van der Waals surface area contributed by atoms with E-state index >= 15 is 0 Å². The normalized spacial score (nSPS) is 11.5. The number of thiophene rings is 1. The first-order valence-electron chi connectivity index (χ1n) is 8.55. The molecular weight excluding hydrogens is 376 g/mol. The lowest BCUT2D eigenvalue weighted by Gasteiger charge is -2.09. The minimum absolute atomic E-state index is 0.302. The lowest BCUT2D eigenvalue weighted by molar-refractivity contribution is 0.0959. The molecule has 8 nitrogen and oxygen atoms in total. The van der Waals surface area contributed by atoms with Crippen LogP contribution >= 0.6 is 11.3 Å². The molecule has 2 N–H and O–H groups in total. The first-order chi connectivity index (χ1) is 13.7. The first kappa shape index (κ1) is 18.1. The van der Waals surface area contributed by atoms with Crippen LogP contribution in [0.25, 0.3) is 15.9 Å². The fraction of sp³-hybridized carbons (Fsp3) is 0.158. The third-order valence-electron chi connectivity index (χ3n) is 4.11. The Kier molecular flexibility index (Phi) is 5.00. The summed E-state index contributed by atoms with van der Waals surface area (Å²) in [4.78, 5) is 18.9. The van der Waals surface area contributed by atoms with E-state index in [1.165, 1.54) is 17.6 Å². The van der Waals surface area contributed by atoms with Gasteiger partial charge in [-0.3, -0.25) is 9.89 Å². The molecule has 142 valence electrons. The number of aromatic nitrogens is 4. The summed E-state index contributed by atoms with van der Waals surface area (Å²) >= 11 is 1.34. The molecule has 4 aromatic rings. The summed E-state index contributed by atoms with van der Waals surface area (Å²) in [5.74, 6) is -0.302. The van der Waals surface area contributed by atoms with Crippen LogP contribution in [0, 0.1) is 6.92 Å². The van der Waals surface area contributed by atoms with Gasteiger partial charge in [-0.25, -0.2) is 10.4 Å². The quantitative estimate of drug-likeness (QED) is 0.388. The van der Waals surface area contributed by atoms with Crippen molar-refractivity contribution >= 4 is 33.7 Å². The number of nitrogens with one attached hydrogen (secondary N) is 2. The van der Waals surface area contributed by atoms with Gasteiger partial charge in [0.1, 0.15) is 9.71 Å². The summed E-state index contributed by atoms with van der Waals surface area (Å²) in [6, 6.07) is 7.58. The number of rotatable bonds is 6. The van der Waals surface area contributed by atoms with E-state index < -0.39 is 0 Å². The summed E-state index contributed by atoms with van der Waals surface area (Å²) in [7, 11) is 1.65. The number of fused-ring (bicyclic) bond motifs is 1. The van der Waals surface area contributed by atoms with E-state index in [1.807, 2.05) is 42.1 Å². The fourth-order valence-corrected chi connectivity index (χ4v) is 4.15. The molecule has 0 aliphatic carbocycles. The molecule has 0 fully saturated rings. The van der Waals surface area contributed by atoms with E-state index in [2.05, 4.69) is 25.7 Å². The van der Waals surface area contributed by atoms with Gasteiger partial charge in [-0.15, -0.1) is 11.3 Å². The van der Waals surface area contributed by atoms with E-state index in [9.17, 15) is 4.79 Å². The standard InChI is InChI=1S/C19H18N6O2S/c1-12-9-13(11-27-2)15-16(25-7-3-4-8-25)17(28-19(15)22-12)18(26)24-21-10-14-5-6-20-23-14/h3-10H,11H2,1-2H3,(H,20,23)(H,24,26). The van der Waals surface area contributed by atoms with Crippen LogP contribution in [0.4, 0.5) is 0 Å². The zero-order chi connectivity index (χ0) is 19.5. The third-order valence-corrected chi connectivity index (χ3v) is 5.18. The number of ether oxygens (including phenoxy) is 1. The Bertz CT molecular complexity index is 1130. The van der Waals surface area contributed by atoms with Gasteiger partial charge in [0.25, 0.3) is 5.91 Å². The van der Waals surface area contributed by atoms with E-state index in [-0.39, 0.29) is 5.91 Å². The topological polar surface area (TPSA) is 97.2 Å². The number of hydrazone groups is 1. The zero-order valence-corrected chi connectivity index (χ0v) is 16.2. The number of carbonyl (C=O) groups excluding carboxylic acids is 1. The van der Waals surface area contributed by atoms with Crippen LogP contribution in [-0.4, -0.2) is 39.0 Å². The molecule has 0 aromatic carbocycles. The van der Waals surface area contributed by atoms with Crippen molar-refractivity contribution in [2.75, 3.05) is 7.11 Å². The molecule has 0 aliphatic heterocycles. The summed E-state index contributed by atoms with van der Waals surface area (Å²) in [5, 5.41) is 11.5. The highest BCUT2D eigenvalue weighted by molar-refractivity contribution is 7.21.